The van der Waals surface area contributed by atoms with Gasteiger partial charge in [-0.3, -0.25) is 0 Å². The molecule has 18 heavy (non-hydrogen) atoms. The van der Waals surface area contributed by atoms with Gasteiger partial charge in [-0.15, -0.1) is 0 Å². The van der Waals surface area contributed by atoms with Crippen molar-refractivity contribution in [3.05, 3.63) is 29.8 Å². The van der Waals surface area contributed by atoms with Crippen molar-refractivity contribution in [1.29, 1.82) is 0 Å². The molecule has 1 saturated heterocycles. The highest BCUT2D eigenvalue weighted by molar-refractivity contribution is 5.50. The van der Waals surface area contributed by atoms with Gasteiger partial charge in [0.05, 0.1) is 18.2 Å². The van der Waals surface area contributed by atoms with E-state index in [0.29, 0.717) is 6.61 Å². The average molecular weight is 259 g/mol. The molecular weight excluding hydrogens is 243 g/mol. The maximum Gasteiger partial charge on any atom is 0.416 e. The van der Waals surface area contributed by atoms with Crippen LogP contribution >= 0.6 is 0 Å². The Labute approximate surface area is 104 Å². The van der Waals surface area contributed by atoms with E-state index in [9.17, 15) is 13.2 Å². The van der Waals surface area contributed by atoms with Crippen molar-refractivity contribution >= 4 is 5.69 Å². The zero-order valence-corrected chi connectivity index (χ0v) is 10.2. The average Bonchev–Trinajstić information content (AvgIpc) is 2.77. The first-order chi connectivity index (χ1) is 8.52. The number of methoxy groups -OCH3 is 1. The molecule has 0 N–H and O–H groups in total. The van der Waals surface area contributed by atoms with Gasteiger partial charge in [0, 0.05) is 19.3 Å². The molecule has 0 radical (unpaired) electrons. The molecule has 100 valence electrons. The minimum atomic E-state index is -4.27. The van der Waals surface area contributed by atoms with Crippen molar-refractivity contribution in [2.45, 2.75) is 25.1 Å². The molecule has 1 aliphatic heterocycles. The maximum absolute atomic E-state index is 12.5. The first-order valence-corrected chi connectivity index (χ1v) is 5.95. The second-order valence-corrected chi connectivity index (χ2v) is 4.49. The Bertz CT molecular complexity index is 388. The van der Waals surface area contributed by atoms with E-state index < -0.39 is 11.7 Å². The van der Waals surface area contributed by atoms with Gasteiger partial charge < -0.3 is 9.64 Å². The zero-order valence-electron chi connectivity index (χ0n) is 10.2. The normalized spacial score (nSPS) is 20.4. The Morgan fingerprint density at radius 1 is 1.28 bits per heavy atom. The standard InChI is InChI=1S/C13H16F3NO/c1-18-9-12-3-2-8-17(12)11-6-4-10(5-7-11)13(14,15)16/h4-7,12H,2-3,8-9H2,1H3/t12-/m1/s1. The number of nitrogens with zero attached hydrogens (tertiary/aromatic N) is 1. The molecule has 1 atom stereocenters. The summed E-state index contributed by atoms with van der Waals surface area (Å²) >= 11 is 0. The Balaban J connectivity index is 2.14. The van der Waals surface area contributed by atoms with Crippen molar-refractivity contribution in [3.8, 4) is 0 Å². The number of alkyl halides is 3. The second-order valence-electron chi connectivity index (χ2n) is 4.49. The Kier molecular flexibility index (Phi) is 3.80. The van der Waals surface area contributed by atoms with Crippen molar-refractivity contribution in [2.24, 2.45) is 0 Å². The molecule has 1 aromatic carbocycles. The van der Waals surface area contributed by atoms with Crippen LogP contribution in [0.15, 0.2) is 24.3 Å². The molecule has 1 heterocycles. The molecule has 1 aromatic rings. The van der Waals surface area contributed by atoms with Gasteiger partial charge in [0.25, 0.3) is 0 Å². The molecule has 0 spiro atoms. The molecular formula is C13H16F3NO. The summed E-state index contributed by atoms with van der Waals surface area (Å²) in [5.41, 5.74) is 0.233. The fourth-order valence-corrected chi connectivity index (χ4v) is 2.38. The third-order valence-electron chi connectivity index (χ3n) is 3.26. The van der Waals surface area contributed by atoms with E-state index in [4.69, 9.17) is 4.74 Å². The fraction of sp³-hybridized carbons (Fsp3) is 0.538. The van der Waals surface area contributed by atoms with Crippen LogP contribution in [-0.4, -0.2) is 26.3 Å². The summed E-state index contributed by atoms with van der Waals surface area (Å²) in [6.07, 6.45) is -2.20. The third kappa shape index (κ3) is 2.77. The van der Waals surface area contributed by atoms with Crippen molar-refractivity contribution in [2.75, 3.05) is 25.2 Å². The maximum atomic E-state index is 12.5. The van der Waals surface area contributed by atoms with E-state index in [2.05, 4.69) is 4.90 Å². The molecule has 1 aliphatic rings. The van der Waals surface area contributed by atoms with E-state index in [1.807, 2.05) is 0 Å². The van der Waals surface area contributed by atoms with Crippen molar-refractivity contribution in [1.82, 2.24) is 0 Å². The largest absolute Gasteiger partial charge is 0.416 e. The van der Waals surface area contributed by atoms with Gasteiger partial charge in [-0.2, -0.15) is 13.2 Å². The predicted octanol–water partition coefficient (Wildman–Crippen LogP) is 3.32. The summed E-state index contributed by atoms with van der Waals surface area (Å²) in [5, 5.41) is 0. The smallest absolute Gasteiger partial charge is 0.383 e. The highest BCUT2D eigenvalue weighted by atomic mass is 19.4. The van der Waals surface area contributed by atoms with E-state index >= 15 is 0 Å². The molecule has 0 aliphatic carbocycles. The predicted molar refractivity (Wildman–Crippen MR) is 63.7 cm³/mol. The minimum absolute atomic E-state index is 0.270. The van der Waals surface area contributed by atoms with Gasteiger partial charge in [0.2, 0.25) is 0 Å². The summed E-state index contributed by atoms with van der Waals surface area (Å²) in [6.45, 7) is 1.49. The summed E-state index contributed by atoms with van der Waals surface area (Å²) in [6, 6.07) is 5.62. The fourth-order valence-electron chi connectivity index (χ4n) is 2.38. The second kappa shape index (κ2) is 5.18. The molecule has 0 bridgehead atoms. The number of benzene rings is 1. The van der Waals surface area contributed by atoms with E-state index in [-0.39, 0.29) is 6.04 Å². The molecule has 1 fully saturated rings. The lowest BCUT2D eigenvalue weighted by atomic mass is 10.1. The number of halogens is 3. The van der Waals surface area contributed by atoms with Crippen LogP contribution in [0.5, 0.6) is 0 Å². The van der Waals surface area contributed by atoms with Crippen LogP contribution in [0.1, 0.15) is 18.4 Å². The Morgan fingerprint density at radius 3 is 2.50 bits per heavy atom. The van der Waals surface area contributed by atoms with Gasteiger partial charge >= 0.3 is 6.18 Å². The van der Waals surface area contributed by atoms with Gasteiger partial charge in [-0.05, 0) is 37.1 Å². The van der Waals surface area contributed by atoms with Gasteiger partial charge in [0.15, 0.2) is 0 Å². The Morgan fingerprint density at radius 2 is 1.94 bits per heavy atom. The van der Waals surface area contributed by atoms with Gasteiger partial charge in [0.1, 0.15) is 0 Å². The number of rotatable bonds is 3. The van der Waals surface area contributed by atoms with Crippen molar-refractivity contribution < 1.29 is 17.9 Å². The van der Waals surface area contributed by atoms with E-state index in [1.54, 1.807) is 7.11 Å². The Hall–Kier alpha value is -1.23. The number of anilines is 1. The molecule has 2 rings (SSSR count). The van der Waals surface area contributed by atoms with Gasteiger partial charge in [-0.1, -0.05) is 0 Å². The van der Waals surface area contributed by atoms with Crippen LogP contribution in [0.3, 0.4) is 0 Å². The number of hydrogen-bond donors (Lipinski definition) is 0. The number of hydrogen-bond acceptors (Lipinski definition) is 2. The molecule has 0 aromatic heterocycles. The topological polar surface area (TPSA) is 12.5 Å². The van der Waals surface area contributed by atoms with E-state index in [0.717, 1.165) is 37.2 Å². The first kappa shape index (κ1) is 13.2. The van der Waals surface area contributed by atoms with Crippen molar-refractivity contribution in [3.63, 3.8) is 0 Å². The minimum Gasteiger partial charge on any atom is -0.383 e. The highest BCUT2D eigenvalue weighted by Gasteiger charge is 2.31. The van der Waals surface area contributed by atoms with Gasteiger partial charge in [-0.25, -0.2) is 0 Å². The SMILES string of the molecule is COC[C@H]1CCCN1c1ccc(C(F)(F)F)cc1. The van der Waals surface area contributed by atoms with Crippen LogP contribution in [0.4, 0.5) is 18.9 Å². The highest BCUT2D eigenvalue weighted by Crippen LogP contribution is 2.32. The van der Waals surface area contributed by atoms with Crippen LogP contribution in [0.2, 0.25) is 0 Å². The molecule has 0 unspecified atom stereocenters. The zero-order chi connectivity index (χ0) is 13.2. The lowest BCUT2D eigenvalue weighted by molar-refractivity contribution is -0.137. The number of ether oxygens (including phenoxy) is 1. The molecule has 5 heteroatoms. The third-order valence-corrected chi connectivity index (χ3v) is 3.26. The molecule has 2 nitrogen and oxygen atoms in total. The van der Waals surface area contributed by atoms with E-state index in [1.165, 1.54) is 12.1 Å². The van der Waals surface area contributed by atoms with Crippen LogP contribution in [0, 0.1) is 0 Å². The lowest BCUT2D eigenvalue weighted by Crippen LogP contribution is -2.32. The van der Waals surface area contributed by atoms with Crippen LogP contribution in [-0.2, 0) is 10.9 Å². The summed E-state index contributed by atoms with van der Waals surface area (Å²) in [5.74, 6) is 0. The molecule has 0 saturated carbocycles. The molecule has 0 amide bonds. The first-order valence-electron chi connectivity index (χ1n) is 5.95. The quantitative estimate of drug-likeness (QED) is 0.825. The lowest BCUT2D eigenvalue weighted by Gasteiger charge is -2.26. The monoisotopic (exact) mass is 259 g/mol. The summed E-state index contributed by atoms with van der Waals surface area (Å²) < 4.78 is 42.5. The summed E-state index contributed by atoms with van der Waals surface area (Å²) in [4.78, 5) is 2.11. The van der Waals surface area contributed by atoms with Crippen LogP contribution in [0.25, 0.3) is 0 Å². The van der Waals surface area contributed by atoms with Crippen LogP contribution < -0.4 is 4.90 Å². The summed E-state index contributed by atoms with van der Waals surface area (Å²) in [7, 11) is 1.64.